The molecule has 4 rings (SSSR count). The van der Waals surface area contributed by atoms with Gasteiger partial charge in [0.2, 0.25) is 5.91 Å². The monoisotopic (exact) mass is 450 g/mol. The quantitative estimate of drug-likeness (QED) is 0.619. The first-order chi connectivity index (χ1) is 15.6. The van der Waals surface area contributed by atoms with Crippen molar-refractivity contribution in [1.29, 1.82) is 0 Å². The molecule has 0 saturated heterocycles. The molecule has 0 spiro atoms. The van der Waals surface area contributed by atoms with E-state index in [1.807, 2.05) is 24.3 Å². The first-order valence-corrected chi connectivity index (χ1v) is 11.3. The molecule has 2 aliphatic rings. The number of alkyl carbamates (subject to hydrolysis) is 1. The smallest absolute Gasteiger partial charge is 0.407 e. The van der Waals surface area contributed by atoms with Gasteiger partial charge in [-0.15, -0.1) is 0 Å². The minimum absolute atomic E-state index is 0.00610. The normalized spacial score (nSPS) is 20.1. The van der Waals surface area contributed by atoms with Crippen molar-refractivity contribution < 1.29 is 24.2 Å². The lowest BCUT2D eigenvalue weighted by Gasteiger charge is -2.36. The number of carboxylic acids is 1. The van der Waals surface area contributed by atoms with Crippen LogP contribution in [0.25, 0.3) is 11.1 Å². The average Bonchev–Trinajstić information content (AvgIpc) is 3.05. The van der Waals surface area contributed by atoms with Gasteiger partial charge in [-0.05, 0) is 40.5 Å². The number of carbonyl (C=O) groups excluding carboxylic acids is 2. The van der Waals surface area contributed by atoms with Crippen LogP contribution in [0.15, 0.2) is 48.5 Å². The van der Waals surface area contributed by atoms with Gasteiger partial charge < -0.3 is 20.5 Å². The Bertz CT molecular complexity index is 1020. The fourth-order valence-corrected chi connectivity index (χ4v) is 4.67. The number of rotatable bonds is 6. The minimum Gasteiger partial charge on any atom is -0.480 e. The summed E-state index contributed by atoms with van der Waals surface area (Å²) < 4.78 is 5.55. The molecule has 33 heavy (non-hydrogen) atoms. The van der Waals surface area contributed by atoms with Crippen LogP contribution >= 0.6 is 0 Å². The van der Waals surface area contributed by atoms with Gasteiger partial charge in [-0.1, -0.05) is 69.3 Å². The molecule has 3 N–H and O–H groups in total. The maximum absolute atomic E-state index is 12.4. The van der Waals surface area contributed by atoms with Crippen LogP contribution in [-0.2, 0) is 14.3 Å². The van der Waals surface area contributed by atoms with Crippen LogP contribution in [-0.4, -0.2) is 41.8 Å². The lowest BCUT2D eigenvalue weighted by Crippen LogP contribution is -2.55. The highest BCUT2D eigenvalue weighted by atomic mass is 16.5. The van der Waals surface area contributed by atoms with E-state index in [2.05, 4.69) is 34.9 Å². The molecule has 0 heterocycles. The Morgan fingerprint density at radius 1 is 1.00 bits per heavy atom. The predicted octanol–water partition coefficient (Wildman–Crippen LogP) is 3.92. The van der Waals surface area contributed by atoms with E-state index in [9.17, 15) is 19.5 Å². The highest BCUT2D eigenvalue weighted by Gasteiger charge is 2.40. The second kappa shape index (κ2) is 8.89. The Balaban J connectivity index is 1.27. The summed E-state index contributed by atoms with van der Waals surface area (Å²) in [4.78, 5) is 36.3. The third-order valence-electron chi connectivity index (χ3n) is 6.57. The lowest BCUT2D eigenvalue weighted by molar-refractivity contribution is -0.146. The Morgan fingerprint density at radius 2 is 1.55 bits per heavy atom. The molecule has 0 aromatic heterocycles. The molecule has 174 valence electrons. The summed E-state index contributed by atoms with van der Waals surface area (Å²) in [6.07, 6.45) is 0.428. The largest absolute Gasteiger partial charge is 0.480 e. The summed E-state index contributed by atoms with van der Waals surface area (Å²) in [6, 6.07) is 15.2. The van der Waals surface area contributed by atoms with Crippen molar-refractivity contribution in [3.05, 3.63) is 59.7 Å². The van der Waals surface area contributed by atoms with Gasteiger partial charge in [-0.3, -0.25) is 4.79 Å². The molecule has 1 fully saturated rings. The van der Waals surface area contributed by atoms with Crippen molar-refractivity contribution >= 4 is 18.0 Å². The molecule has 2 aromatic rings. The number of nitrogens with one attached hydrogen (secondary N) is 2. The maximum atomic E-state index is 12.4. The minimum atomic E-state index is -1.05. The molecule has 2 aliphatic carbocycles. The fraction of sp³-hybridized carbons (Fsp3) is 0.423. The highest BCUT2D eigenvalue weighted by Crippen LogP contribution is 2.44. The summed E-state index contributed by atoms with van der Waals surface area (Å²) in [5.41, 5.74) is 4.05. The van der Waals surface area contributed by atoms with E-state index in [-0.39, 0.29) is 30.4 Å². The van der Waals surface area contributed by atoms with Crippen molar-refractivity contribution in [3.8, 4) is 11.1 Å². The molecule has 0 radical (unpaired) electrons. The summed E-state index contributed by atoms with van der Waals surface area (Å²) in [7, 11) is 0. The van der Waals surface area contributed by atoms with Gasteiger partial charge in [-0.25, -0.2) is 9.59 Å². The predicted molar refractivity (Wildman–Crippen MR) is 124 cm³/mol. The van der Waals surface area contributed by atoms with Crippen LogP contribution in [0.5, 0.6) is 0 Å². The number of benzene rings is 2. The molecule has 0 aliphatic heterocycles. The van der Waals surface area contributed by atoms with E-state index in [0.29, 0.717) is 12.8 Å². The van der Waals surface area contributed by atoms with E-state index < -0.39 is 23.5 Å². The molecule has 1 atom stereocenters. The van der Waals surface area contributed by atoms with E-state index in [0.717, 1.165) is 11.1 Å². The molecule has 1 unspecified atom stereocenters. The van der Waals surface area contributed by atoms with Crippen LogP contribution in [0.3, 0.4) is 0 Å². The summed E-state index contributed by atoms with van der Waals surface area (Å²) >= 11 is 0. The second-order valence-electron chi connectivity index (χ2n) is 9.98. The third-order valence-corrected chi connectivity index (χ3v) is 6.57. The number of carbonyl (C=O) groups is 3. The number of amides is 2. The van der Waals surface area contributed by atoms with Crippen molar-refractivity contribution in [2.45, 2.75) is 51.6 Å². The molecule has 1 saturated carbocycles. The van der Waals surface area contributed by atoms with Crippen LogP contribution in [0.4, 0.5) is 4.79 Å². The number of ether oxygens (including phenoxy) is 1. The van der Waals surface area contributed by atoms with Crippen LogP contribution in [0.2, 0.25) is 0 Å². The third kappa shape index (κ3) is 4.72. The lowest BCUT2D eigenvalue weighted by atomic mass is 9.78. The van der Waals surface area contributed by atoms with E-state index in [1.165, 1.54) is 11.1 Å². The van der Waals surface area contributed by atoms with Crippen LogP contribution in [0, 0.1) is 11.3 Å². The molecule has 0 bridgehead atoms. The standard InChI is InChI=1S/C26H30N2O5/c1-26(2,3)22(24(30)31)28-23(29)15-12-16(13-15)27-25(32)33-14-21-19-10-6-4-8-17(19)18-9-5-7-11-20(18)21/h4-11,15-16,21-22H,12-14H2,1-3H3,(H,27,32)(H,28,29)(H,30,31). The second-order valence-corrected chi connectivity index (χ2v) is 9.98. The molecule has 2 aromatic carbocycles. The Labute approximate surface area is 193 Å². The van der Waals surface area contributed by atoms with Crippen molar-refractivity contribution in [2.75, 3.05) is 6.61 Å². The summed E-state index contributed by atoms with van der Waals surface area (Å²) in [5, 5.41) is 14.8. The Hall–Kier alpha value is -3.35. The number of hydrogen-bond acceptors (Lipinski definition) is 4. The zero-order chi connectivity index (χ0) is 23.8. The Morgan fingerprint density at radius 3 is 2.06 bits per heavy atom. The van der Waals surface area contributed by atoms with Gasteiger partial charge >= 0.3 is 12.1 Å². The maximum Gasteiger partial charge on any atom is 0.407 e. The number of aliphatic carboxylic acids is 1. The van der Waals surface area contributed by atoms with E-state index in [1.54, 1.807) is 20.8 Å². The topological polar surface area (TPSA) is 105 Å². The van der Waals surface area contributed by atoms with Crippen molar-refractivity contribution in [3.63, 3.8) is 0 Å². The summed E-state index contributed by atoms with van der Waals surface area (Å²) in [5.74, 6) is -1.66. The van der Waals surface area contributed by atoms with E-state index >= 15 is 0 Å². The van der Waals surface area contributed by atoms with Gasteiger partial charge in [-0.2, -0.15) is 0 Å². The van der Waals surface area contributed by atoms with Gasteiger partial charge in [0.25, 0.3) is 0 Å². The van der Waals surface area contributed by atoms with Gasteiger partial charge in [0.15, 0.2) is 0 Å². The SMILES string of the molecule is CC(C)(C)C(NC(=O)C1CC(NC(=O)OCC2c3ccccc3-c3ccccc32)C1)C(=O)O. The number of fused-ring (bicyclic) bond motifs is 3. The molecular weight excluding hydrogens is 420 g/mol. The Kier molecular flexibility index (Phi) is 6.15. The van der Waals surface area contributed by atoms with Crippen LogP contribution in [0.1, 0.15) is 50.7 Å². The zero-order valence-corrected chi connectivity index (χ0v) is 19.1. The van der Waals surface area contributed by atoms with Gasteiger partial charge in [0.1, 0.15) is 12.6 Å². The number of carboxylic acid groups (broad SMARTS) is 1. The first-order valence-electron chi connectivity index (χ1n) is 11.3. The molecule has 2 amide bonds. The number of hydrogen-bond donors (Lipinski definition) is 3. The van der Waals surface area contributed by atoms with Gasteiger partial charge in [0, 0.05) is 17.9 Å². The van der Waals surface area contributed by atoms with Crippen molar-refractivity contribution in [1.82, 2.24) is 10.6 Å². The molecular formula is C26H30N2O5. The highest BCUT2D eigenvalue weighted by molar-refractivity contribution is 5.86. The fourth-order valence-electron chi connectivity index (χ4n) is 4.67. The van der Waals surface area contributed by atoms with Crippen molar-refractivity contribution in [2.24, 2.45) is 11.3 Å². The molecule has 7 heteroatoms. The first kappa shape index (κ1) is 22.8. The van der Waals surface area contributed by atoms with Crippen LogP contribution < -0.4 is 10.6 Å². The van der Waals surface area contributed by atoms with Gasteiger partial charge in [0.05, 0.1) is 0 Å². The zero-order valence-electron chi connectivity index (χ0n) is 19.1. The van der Waals surface area contributed by atoms with E-state index in [4.69, 9.17) is 4.74 Å². The average molecular weight is 451 g/mol. The molecule has 7 nitrogen and oxygen atoms in total. The summed E-state index contributed by atoms with van der Waals surface area (Å²) in [6.45, 7) is 5.55.